The smallest absolute Gasteiger partial charge is 0.168 e. The zero-order chi connectivity index (χ0) is 26.2. The lowest BCUT2D eigenvalue weighted by Gasteiger charge is -2.06. The molecule has 4 aromatic heterocycles. The fraction of sp³-hybridized carbons (Fsp3) is 0.407. The summed E-state index contributed by atoms with van der Waals surface area (Å²) in [5.41, 5.74) is 8.73. The van der Waals surface area contributed by atoms with Gasteiger partial charge in [0.05, 0.1) is 23.8 Å². The number of aromatic nitrogens is 6. The van der Waals surface area contributed by atoms with Crippen LogP contribution >= 0.6 is 15.9 Å². The van der Waals surface area contributed by atoms with Gasteiger partial charge in [0, 0.05) is 12.4 Å². The normalized spacial score (nSPS) is 15.1. The highest BCUT2D eigenvalue weighted by atomic mass is 79.9. The minimum Gasteiger partial charge on any atom is -0.296 e. The highest BCUT2D eigenvalue weighted by Gasteiger charge is 2.25. The van der Waals surface area contributed by atoms with E-state index in [-0.39, 0.29) is 0 Å². The minimum absolute atomic E-state index is 0.556. The maximum absolute atomic E-state index is 11.1. The van der Waals surface area contributed by atoms with Crippen molar-refractivity contribution in [2.45, 2.75) is 58.2 Å². The number of aldehydes is 2. The standard InChI is InChI=1S/C16H19N3OSi.C11H10BrN3O/c1-21(2,3)7-6-13-10-19-14(11-20)9-17-16(19)15(18-13)8-12-4-5-12;12-10-5-15-8(6-16)4-13-11(15)9(14-10)3-7-1-2-7/h9-12H,4-5,8H2,1-3H3;4-7H,1-3H2. The molecule has 2 saturated carbocycles. The summed E-state index contributed by atoms with van der Waals surface area (Å²) >= 11 is 3.37. The number of carbonyl (C=O) groups excluding carboxylic acids is 2. The van der Waals surface area contributed by atoms with Crippen LogP contribution in [-0.2, 0) is 12.8 Å². The maximum atomic E-state index is 11.1. The largest absolute Gasteiger partial charge is 0.296 e. The predicted octanol–water partition coefficient (Wildman–Crippen LogP) is 4.98. The summed E-state index contributed by atoms with van der Waals surface area (Å²) in [6.45, 7) is 6.62. The Kier molecular flexibility index (Phi) is 7.10. The van der Waals surface area contributed by atoms with Crippen molar-refractivity contribution in [1.29, 1.82) is 0 Å². The van der Waals surface area contributed by atoms with Crippen LogP contribution in [0, 0.1) is 23.3 Å². The van der Waals surface area contributed by atoms with E-state index in [4.69, 9.17) is 0 Å². The number of nitrogens with zero attached hydrogens (tertiary/aromatic N) is 6. The van der Waals surface area contributed by atoms with Crippen molar-refractivity contribution >= 4 is 47.9 Å². The van der Waals surface area contributed by atoms with Crippen molar-refractivity contribution in [3.63, 3.8) is 0 Å². The van der Waals surface area contributed by atoms with Gasteiger partial charge in [0.25, 0.3) is 0 Å². The van der Waals surface area contributed by atoms with Gasteiger partial charge in [-0.2, -0.15) is 0 Å². The molecular weight excluding hydrogens is 548 g/mol. The molecule has 2 fully saturated rings. The number of hydrogen-bond donors (Lipinski definition) is 0. The van der Waals surface area contributed by atoms with Gasteiger partial charge in [-0.25, -0.2) is 19.9 Å². The first-order chi connectivity index (χ1) is 17.7. The highest BCUT2D eigenvalue weighted by molar-refractivity contribution is 9.10. The molecule has 2 aliphatic rings. The second kappa shape index (κ2) is 10.3. The molecule has 0 saturated heterocycles. The predicted molar refractivity (Wildman–Crippen MR) is 148 cm³/mol. The molecule has 4 aromatic rings. The van der Waals surface area contributed by atoms with Crippen molar-refractivity contribution in [3.8, 4) is 11.5 Å². The van der Waals surface area contributed by atoms with E-state index in [9.17, 15) is 9.59 Å². The summed E-state index contributed by atoms with van der Waals surface area (Å²) in [6, 6.07) is 0. The first kappa shape index (κ1) is 25.5. The monoisotopic (exact) mass is 576 g/mol. The molecule has 2 aliphatic carbocycles. The second-order valence-corrected chi connectivity index (χ2v) is 16.4. The highest BCUT2D eigenvalue weighted by Crippen LogP contribution is 2.34. The molecule has 8 nitrogen and oxygen atoms in total. The lowest BCUT2D eigenvalue weighted by atomic mass is 10.2. The summed E-state index contributed by atoms with van der Waals surface area (Å²) in [7, 11) is -1.45. The van der Waals surface area contributed by atoms with Crippen molar-refractivity contribution in [3.05, 3.63) is 57.9 Å². The number of imidazole rings is 2. The molecule has 37 heavy (non-hydrogen) atoms. The van der Waals surface area contributed by atoms with Gasteiger partial charge in [0.1, 0.15) is 29.8 Å². The lowest BCUT2D eigenvalue weighted by Crippen LogP contribution is -2.16. The Morgan fingerprint density at radius 2 is 1.41 bits per heavy atom. The maximum Gasteiger partial charge on any atom is 0.168 e. The third-order valence-electron chi connectivity index (χ3n) is 6.32. The average Bonchev–Trinajstić information content (AvgIpc) is 3.77. The minimum atomic E-state index is -1.45. The summed E-state index contributed by atoms with van der Waals surface area (Å²) in [5, 5.41) is 0. The summed E-state index contributed by atoms with van der Waals surface area (Å²) in [4.78, 5) is 39.7. The molecule has 0 atom stereocenters. The van der Waals surface area contributed by atoms with Gasteiger partial charge in [-0.05, 0) is 66.3 Å². The SMILES string of the molecule is C[Si](C)(C)C#Cc1cn2c(C=O)cnc2c(CC2CC2)n1.O=Cc1cnc2c(CC3CC3)nc(Br)cn12. The second-order valence-electron chi connectivity index (χ2n) is 10.9. The molecule has 0 aromatic carbocycles. The van der Waals surface area contributed by atoms with Crippen LogP contribution in [-0.4, -0.2) is 49.4 Å². The van der Waals surface area contributed by atoms with E-state index in [1.54, 1.807) is 23.0 Å². The quantitative estimate of drug-likeness (QED) is 0.182. The summed E-state index contributed by atoms with van der Waals surface area (Å²) in [5.74, 6) is 4.66. The molecule has 6 rings (SSSR count). The summed E-state index contributed by atoms with van der Waals surface area (Å²) in [6.07, 6.45) is 15.4. The number of halogens is 1. The molecule has 0 bridgehead atoms. The fourth-order valence-electron chi connectivity index (χ4n) is 4.06. The Balaban J connectivity index is 0.000000157. The van der Waals surface area contributed by atoms with E-state index in [0.717, 1.165) is 70.2 Å². The third kappa shape index (κ3) is 6.22. The van der Waals surface area contributed by atoms with Crippen LogP contribution in [0.1, 0.15) is 63.7 Å². The molecule has 4 heterocycles. The molecule has 0 spiro atoms. The topological polar surface area (TPSA) is 94.5 Å². The average molecular weight is 578 g/mol. The Labute approximate surface area is 225 Å². The summed E-state index contributed by atoms with van der Waals surface area (Å²) < 4.78 is 4.37. The van der Waals surface area contributed by atoms with Gasteiger partial charge in [0.2, 0.25) is 0 Å². The fourth-order valence-corrected chi connectivity index (χ4v) is 4.98. The molecule has 0 N–H and O–H groups in total. The Morgan fingerprint density at radius 3 is 1.89 bits per heavy atom. The zero-order valence-corrected chi connectivity index (χ0v) is 23.8. The van der Waals surface area contributed by atoms with E-state index in [1.807, 2.05) is 10.6 Å². The van der Waals surface area contributed by atoms with Crippen molar-refractivity contribution in [2.75, 3.05) is 0 Å². The van der Waals surface area contributed by atoms with E-state index >= 15 is 0 Å². The van der Waals surface area contributed by atoms with Crippen LogP contribution < -0.4 is 0 Å². The molecule has 0 amide bonds. The molecule has 0 aliphatic heterocycles. The van der Waals surface area contributed by atoms with Crippen LogP contribution in [0.2, 0.25) is 19.6 Å². The third-order valence-corrected chi connectivity index (χ3v) is 7.57. The number of rotatable bonds is 6. The van der Waals surface area contributed by atoms with Crippen LogP contribution in [0.25, 0.3) is 11.3 Å². The molecule has 0 radical (unpaired) electrons. The molecule has 190 valence electrons. The van der Waals surface area contributed by atoms with Crippen molar-refractivity contribution < 1.29 is 9.59 Å². The van der Waals surface area contributed by atoms with Gasteiger partial charge in [0.15, 0.2) is 23.9 Å². The van der Waals surface area contributed by atoms with Crippen molar-refractivity contribution in [1.82, 2.24) is 28.7 Å². The Morgan fingerprint density at radius 1 is 0.892 bits per heavy atom. The van der Waals surface area contributed by atoms with Crippen LogP contribution in [0.15, 0.2) is 29.4 Å². The van der Waals surface area contributed by atoms with Gasteiger partial charge in [-0.1, -0.05) is 25.6 Å². The Hall–Kier alpha value is -3.16. The Bertz CT molecular complexity index is 1550. The number of hydrogen-bond acceptors (Lipinski definition) is 6. The molecule has 0 unspecified atom stereocenters. The number of carbonyl (C=O) groups is 2. The van der Waals surface area contributed by atoms with E-state index < -0.39 is 8.07 Å². The van der Waals surface area contributed by atoms with Crippen LogP contribution in [0.4, 0.5) is 0 Å². The van der Waals surface area contributed by atoms with E-state index in [0.29, 0.717) is 11.4 Å². The van der Waals surface area contributed by atoms with E-state index in [2.05, 4.69) is 67.0 Å². The van der Waals surface area contributed by atoms with Crippen molar-refractivity contribution in [2.24, 2.45) is 11.8 Å². The first-order valence-electron chi connectivity index (χ1n) is 12.6. The molecule has 10 heteroatoms. The zero-order valence-electron chi connectivity index (χ0n) is 21.2. The van der Waals surface area contributed by atoms with Crippen LogP contribution in [0.3, 0.4) is 0 Å². The molecular formula is C27H29BrN6O2Si. The van der Waals surface area contributed by atoms with E-state index in [1.165, 1.54) is 25.7 Å². The van der Waals surface area contributed by atoms with Crippen LogP contribution in [0.5, 0.6) is 0 Å². The van der Waals surface area contributed by atoms with Gasteiger partial charge in [-0.3, -0.25) is 18.4 Å². The lowest BCUT2D eigenvalue weighted by molar-refractivity contribution is 0.111. The first-order valence-corrected chi connectivity index (χ1v) is 16.9. The number of fused-ring (bicyclic) bond motifs is 2. The van der Waals surface area contributed by atoms with Gasteiger partial charge in [-0.15, -0.1) is 5.54 Å². The van der Waals surface area contributed by atoms with Gasteiger partial charge < -0.3 is 0 Å². The van der Waals surface area contributed by atoms with Gasteiger partial charge >= 0.3 is 0 Å².